The van der Waals surface area contributed by atoms with Gasteiger partial charge in [0.1, 0.15) is 0 Å². The molecule has 4 nitrogen and oxygen atoms in total. The van der Waals surface area contributed by atoms with Crippen molar-refractivity contribution < 1.29 is 4.79 Å². The zero-order chi connectivity index (χ0) is 15.1. The number of hydrogen-bond donors (Lipinski definition) is 2. The number of nitrogens with zero attached hydrogens (tertiary/aromatic N) is 1. The van der Waals surface area contributed by atoms with Crippen LogP contribution in [0.4, 0.5) is 0 Å². The Kier molecular flexibility index (Phi) is 7.52. The summed E-state index contributed by atoms with van der Waals surface area (Å²) in [6.45, 7) is 12.7. The molecule has 1 aliphatic rings. The molecule has 1 fully saturated rings. The molecule has 1 rings (SSSR count). The van der Waals surface area contributed by atoms with Crippen LogP contribution < -0.4 is 10.6 Å². The van der Waals surface area contributed by atoms with E-state index in [0.29, 0.717) is 12.0 Å². The summed E-state index contributed by atoms with van der Waals surface area (Å²) in [6, 6.07) is 0.466. The Morgan fingerprint density at radius 1 is 1.20 bits per heavy atom. The molecule has 1 amide bonds. The van der Waals surface area contributed by atoms with E-state index in [9.17, 15) is 4.79 Å². The van der Waals surface area contributed by atoms with Gasteiger partial charge in [-0.05, 0) is 44.8 Å². The van der Waals surface area contributed by atoms with E-state index in [2.05, 4.69) is 36.3 Å². The van der Waals surface area contributed by atoms with E-state index in [1.807, 2.05) is 14.0 Å². The Bertz CT molecular complexity index is 285. The van der Waals surface area contributed by atoms with Crippen LogP contribution in [-0.2, 0) is 4.79 Å². The van der Waals surface area contributed by atoms with Gasteiger partial charge in [0.25, 0.3) is 0 Å². The van der Waals surface area contributed by atoms with Crippen molar-refractivity contribution in [1.82, 2.24) is 15.5 Å². The van der Waals surface area contributed by atoms with Gasteiger partial charge in [0.05, 0.1) is 0 Å². The van der Waals surface area contributed by atoms with Gasteiger partial charge in [-0.1, -0.05) is 27.7 Å². The fraction of sp³-hybridized carbons (Fsp3) is 0.938. The second-order valence-electron chi connectivity index (χ2n) is 6.73. The van der Waals surface area contributed by atoms with Crippen LogP contribution in [0.15, 0.2) is 0 Å². The monoisotopic (exact) mass is 283 g/mol. The van der Waals surface area contributed by atoms with E-state index in [-0.39, 0.29) is 11.8 Å². The molecule has 0 spiro atoms. The van der Waals surface area contributed by atoms with Crippen LogP contribution in [0.25, 0.3) is 0 Å². The van der Waals surface area contributed by atoms with Gasteiger partial charge in [-0.2, -0.15) is 0 Å². The van der Waals surface area contributed by atoms with Gasteiger partial charge in [0.15, 0.2) is 0 Å². The molecular formula is C16H33N3O. The van der Waals surface area contributed by atoms with E-state index < -0.39 is 0 Å². The summed E-state index contributed by atoms with van der Waals surface area (Å²) in [7, 11) is 1.88. The number of hydrogen-bond acceptors (Lipinski definition) is 3. The van der Waals surface area contributed by atoms with E-state index >= 15 is 0 Å². The van der Waals surface area contributed by atoms with Crippen molar-refractivity contribution in [3.05, 3.63) is 0 Å². The van der Waals surface area contributed by atoms with Crippen molar-refractivity contribution in [2.45, 2.75) is 46.6 Å². The fourth-order valence-corrected chi connectivity index (χ4v) is 2.92. The van der Waals surface area contributed by atoms with Crippen molar-refractivity contribution in [3.8, 4) is 0 Å². The lowest BCUT2D eigenvalue weighted by Crippen LogP contribution is -2.50. The molecule has 2 N–H and O–H groups in total. The summed E-state index contributed by atoms with van der Waals surface area (Å²) in [6.07, 6.45) is 2.57. The predicted molar refractivity (Wildman–Crippen MR) is 84.7 cm³/mol. The van der Waals surface area contributed by atoms with Crippen LogP contribution in [0, 0.1) is 17.8 Å². The van der Waals surface area contributed by atoms with Crippen molar-refractivity contribution in [1.29, 1.82) is 0 Å². The quantitative estimate of drug-likeness (QED) is 0.748. The first-order chi connectivity index (χ1) is 9.45. The van der Waals surface area contributed by atoms with Crippen LogP contribution in [0.1, 0.15) is 40.5 Å². The number of nitrogens with one attached hydrogen (secondary N) is 2. The smallest absolute Gasteiger partial charge is 0.224 e. The fourth-order valence-electron chi connectivity index (χ4n) is 2.92. The second kappa shape index (κ2) is 8.63. The topological polar surface area (TPSA) is 44.4 Å². The van der Waals surface area contributed by atoms with Crippen molar-refractivity contribution >= 4 is 5.91 Å². The molecule has 2 unspecified atom stereocenters. The Labute approximate surface area is 124 Å². The third kappa shape index (κ3) is 5.41. The summed E-state index contributed by atoms with van der Waals surface area (Å²) in [4.78, 5) is 14.6. The average molecular weight is 283 g/mol. The Morgan fingerprint density at radius 2 is 1.80 bits per heavy atom. The van der Waals surface area contributed by atoms with Crippen LogP contribution >= 0.6 is 0 Å². The standard InChI is InChI=1S/C16H33N3O/c1-12(2)15(19-8-6-13(3)7-9-19)11-18-16(20)14(4)10-17-5/h12-15,17H,6-11H2,1-5H3,(H,18,20). The van der Waals surface area contributed by atoms with Gasteiger partial charge in [0, 0.05) is 25.0 Å². The molecule has 0 aromatic carbocycles. The normalized spacial score (nSPS) is 20.9. The van der Waals surface area contributed by atoms with E-state index in [4.69, 9.17) is 0 Å². The molecule has 0 radical (unpaired) electrons. The highest BCUT2D eigenvalue weighted by Crippen LogP contribution is 2.21. The largest absolute Gasteiger partial charge is 0.354 e. The van der Waals surface area contributed by atoms with Gasteiger partial charge in [0.2, 0.25) is 5.91 Å². The minimum absolute atomic E-state index is 0.0363. The van der Waals surface area contributed by atoms with E-state index in [1.165, 1.54) is 25.9 Å². The van der Waals surface area contributed by atoms with Gasteiger partial charge in [-0.15, -0.1) is 0 Å². The first-order valence-electron chi connectivity index (χ1n) is 8.12. The van der Waals surface area contributed by atoms with Crippen LogP contribution in [0.2, 0.25) is 0 Å². The molecular weight excluding hydrogens is 250 g/mol. The third-order valence-electron chi connectivity index (χ3n) is 4.50. The van der Waals surface area contributed by atoms with Gasteiger partial charge in [-0.3, -0.25) is 9.69 Å². The predicted octanol–water partition coefficient (Wildman–Crippen LogP) is 1.71. The van der Waals surface area contributed by atoms with Gasteiger partial charge >= 0.3 is 0 Å². The first-order valence-corrected chi connectivity index (χ1v) is 8.12. The SMILES string of the molecule is CNCC(C)C(=O)NCC(C(C)C)N1CCC(C)CC1. The lowest BCUT2D eigenvalue weighted by molar-refractivity contribution is -0.124. The minimum Gasteiger partial charge on any atom is -0.354 e. The van der Waals surface area contributed by atoms with E-state index in [0.717, 1.165) is 19.0 Å². The maximum atomic E-state index is 12.0. The average Bonchev–Trinajstić information content (AvgIpc) is 2.40. The Balaban J connectivity index is 2.45. The highest BCUT2D eigenvalue weighted by molar-refractivity contribution is 5.78. The first kappa shape index (κ1) is 17.4. The maximum absolute atomic E-state index is 12.0. The molecule has 1 heterocycles. The van der Waals surface area contributed by atoms with Gasteiger partial charge in [-0.25, -0.2) is 0 Å². The number of carbonyl (C=O) groups is 1. The maximum Gasteiger partial charge on any atom is 0.224 e. The third-order valence-corrected chi connectivity index (χ3v) is 4.50. The highest BCUT2D eigenvalue weighted by Gasteiger charge is 2.26. The lowest BCUT2D eigenvalue weighted by atomic mass is 9.94. The molecule has 4 heteroatoms. The summed E-state index contributed by atoms with van der Waals surface area (Å²) in [5.41, 5.74) is 0. The molecule has 20 heavy (non-hydrogen) atoms. The van der Waals surface area contributed by atoms with Crippen molar-refractivity contribution in [3.63, 3.8) is 0 Å². The molecule has 1 aliphatic heterocycles. The van der Waals surface area contributed by atoms with Crippen LogP contribution in [0.5, 0.6) is 0 Å². The molecule has 0 aromatic heterocycles. The molecule has 2 atom stereocenters. The molecule has 1 saturated heterocycles. The zero-order valence-corrected chi connectivity index (χ0v) is 13.9. The highest BCUT2D eigenvalue weighted by atomic mass is 16.1. The van der Waals surface area contributed by atoms with Crippen molar-refractivity contribution in [2.24, 2.45) is 17.8 Å². The Morgan fingerprint density at radius 3 is 2.30 bits per heavy atom. The van der Waals surface area contributed by atoms with Crippen LogP contribution in [-0.4, -0.2) is 50.1 Å². The summed E-state index contributed by atoms with van der Waals surface area (Å²) in [5, 5.41) is 6.19. The summed E-state index contributed by atoms with van der Waals surface area (Å²) in [5.74, 6) is 1.62. The lowest BCUT2D eigenvalue weighted by Gasteiger charge is -2.39. The Hall–Kier alpha value is -0.610. The molecule has 0 bridgehead atoms. The second-order valence-corrected chi connectivity index (χ2v) is 6.73. The summed E-state index contributed by atoms with van der Waals surface area (Å²) < 4.78 is 0. The van der Waals surface area contributed by atoms with Crippen LogP contribution in [0.3, 0.4) is 0 Å². The van der Waals surface area contributed by atoms with Crippen molar-refractivity contribution in [2.75, 3.05) is 33.2 Å². The number of likely N-dealkylation sites (tertiary alicyclic amines) is 1. The number of piperidine rings is 1. The number of carbonyl (C=O) groups excluding carboxylic acids is 1. The number of rotatable bonds is 7. The van der Waals surface area contributed by atoms with Gasteiger partial charge < -0.3 is 10.6 Å². The number of amides is 1. The molecule has 0 saturated carbocycles. The summed E-state index contributed by atoms with van der Waals surface area (Å²) >= 11 is 0. The minimum atomic E-state index is 0.0363. The molecule has 0 aliphatic carbocycles. The zero-order valence-electron chi connectivity index (χ0n) is 13.9. The molecule has 118 valence electrons. The molecule has 0 aromatic rings. The van der Waals surface area contributed by atoms with E-state index in [1.54, 1.807) is 0 Å².